The first-order valence-electron chi connectivity index (χ1n) is 6.79. The standard InChI is InChI=1S/C12H30O5Si2/c1-8-9-15-12(11(14)10-13,16-18(2,3)4)17-19(5,6)7/h11,13-14H,8-10H2,1-7H3. The second-order valence-corrected chi connectivity index (χ2v) is 15.4. The van der Waals surface area contributed by atoms with Crippen molar-refractivity contribution in [2.45, 2.75) is 64.7 Å². The van der Waals surface area contributed by atoms with Gasteiger partial charge >= 0.3 is 0 Å². The minimum atomic E-state index is -2.02. The van der Waals surface area contributed by atoms with Crippen molar-refractivity contribution >= 4 is 16.6 Å². The summed E-state index contributed by atoms with van der Waals surface area (Å²) in [7, 11) is -4.04. The van der Waals surface area contributed by atoms with Crippen LogP contribution in [0.15, 0.2) is 0 Å². The molecule has 0 aliphatic heterocycles. The summed E-state index contributed by atoms with van der Waals surface area (Å²) in [6, 6.07) is 0. The Morgan fingerprint density at radius 1 is 1.00 bits per heavy atom. The molecule has 116 valence electrons. The molecule has 19 heavy (non-hydrogen) atoms. The van der Waals surface area contributed by atoms with E-state index in [-0.39, 0.29) is 0 Å². The molecule has 0 amide bonds. The minimum absolute atomic E-state index is 0.409. The summed E-state index contributed by atoms with van der Waals surface area (Å²) in [4.78, 5) is 0. The number of hydrogen-bond acceptors (Lipinski definition) is 5. The van der Waals surface area contributed by atoms with Gasteiger partial charge in [0, 0.05) is 0 Å². The molecular weight excluding hydrogens is 280 g/mol. The van der Waals surface area contributed by atoms with Crippen molar-refractivity contribution in [1.29, 1.82) is 0 Å². The van der Waals surface area contributed by atoms with Gasteiger partial charge < -0.3 is 23.8 Å². The first kappa shape index (κ1) is 19.2. The van der Waals surface area contributed by atoms with Gasteiger partial charge in [-0.15, -0.1) is 0 Å². The molecule has 0 heterocycles. The zero-order valence-electron chi connectivity index (χ0n) is 13.3. The highest BCUT2D eigenvalue weighted by molar-refractivity contribution is 6.70. The zero-order valence-corrected chi connectivity index (χ0v) is 15.3. The van der Waals surface area contributed by atoms with Crippen molar-refractivity contribution in [3.05, 3.63) is 0 Å². The molecule has 1 atom stereocenters. The number of rotatable bonds is 9. The summed E-state index contributed by atoms with van der Waals surface area (Å²) < 4.78 is 17.6. The molecule has 5 nitrogen and oxygen atoms in total. The molecule has 0 saturated heterocycles. The van der Waals surface area contributed by atoms with Gasteiger partial charge in [-0.05, 0) is 45.7 Å². The lowest BCUT2D eigenvalue weighted by molar-refractivity contribution is -0.356. The van der Waals surface area contributed by atoms with Crippen molar-refractivity contribution in [3.63, 3.8) is 0 Å². The maximum Gasteiger partial charge on any atom is 0.294 e. The van der Waals surface area contributed by atoms with Crippen molar-refractivity contribution in [2.75, 3.05) is 13.2 Å². The van der Waals surface area contributed by atoms with Crippen LogP contribution in [0.2, 0.25) is 39.3 Å². The highest BCUT2D eigenvalue weighted by Crippen LogP contribution is 2.29. The van der Waals surface area contributed by atoms with Crippen molar-refractivity contribution in [1.82, 2.24) is 0 Å². The monoisotopic (exact) mass is 310 g/mol. The van der Waals surface area contributed by atoms with Gasteiger partial charge in [0.25, 0.3) is 5.97 Å². The summed E-state index contributed by atoms with van der Waals surface area (Å²) in [6.07, 6.45) is -0.429. The molecule has 0 bridgehead atoms. The van der Waals surface area contributed by atoms with Gasteiger partial charge in [0.05, 0.1) is 13.2 Å². The largest absolute Gasteiger partial charge is 0.393 e. The van der Waals surface area contributed by atoms with E-state index >= 15 is 0 Å². The van der Waals surface area contributed by atoms with Crippen LogP contribution in [-0.4, -0.2) is 52.1 Å². The molecule has 0 aromatic heterocycles. The van der Waals surface area contributed by atoms with E-state index in [4.69, 9.17) is 13.6 Å². The van der Waals surface area contributed by atoms with Crippen molar-refractivity contribution in [3.8, 4) is 0 Å². The van der Waals surface area contributed by atoms with Crippen LogP contribution < -0.4 is 0 Å². The van der Waals surface area contributed by atoms with Gasteiger partial charge in [0.2, 0.25) is 0 Å². The van der Waals surface area contributed by atoms with Crippen LogP contribution in [0.25, 0.3) is 0 Å². The zero-order chi connectivity index (χ0) is 15.3. The van der Waals surface area contributed by atoms with Crippen LogP contribution in [0.1, 0.15) is 13.3 Å². The van der Waals surface area contributed by atoms with E-state index in [9.17, 15) is 10.2 Å². The normalized spacial score (nSPS) is 15.6. The van der Waals surface area contributed by atoms with Gasteiger partial charge in [-0.3, -0.25) is 0 Å². The molecule has 0 aromatic rings. The lowest BCUT2D eigenvalue weighted by Gasteiger charge is -2.44. The maximum absolute atomic E-state index is 10.1. The fraction of sp³-hybridized carbons (Fsp3) is 1.00. The Bertz CT molecular complexity index is 244. The lowest BCUT2D eigenvalue weighted by atomic mass is 10.3. The molecule has 0 saturated carbocycles. The highest BCUT2D eigenvalue weighted by Gasteiger charge is 2.47. The Morgan fingerprint density at radius 3 is 1.68 bits per heavy atom. The first-order chi connectivity index (χ1) is 8.46. The van der Waals surface area contributed by atoms with E-state index in [1.54, 1.807) is 0 Å². The van der Waals surface area contributed by atoms with E-state index in [1.165, 1.54) is 0 Å². The Hall–Kier alpha value is 0.234. The van der Waals surface area contributed by atoms with E-state index in [0.717, 1.165) is 6.42 Å². The molecule has 0 aromatic carbocycles. The first-order valence-corrected chi connectivity index (χ1v) is 13.6. The Labute approximate surface area is 119 Å². The number of aliphatic hydroxyl groups excluding tert-OH is 2. The second-order valence-electron chi connectivity index (χ2n) is 6.58. The fourth-order valence-corrected chi connectivity index (χ4v) is 3.79. The molecule has 7 heteroatoms. The number of ether oxygens (including phenoxy) is 1. The Morgan fingerprint density at radius 2 is 1.42 bits per heavy atom. The Kier molecular flexibility index (Phi) is 7.39. The third-order valence-corrected chi connectivity index (χ3v) is 3.78. The Balaban J connectivity index is 5.31. The van der Waals surface area contributed by atoms with Gasteiger partial charge in [0.15, 0.2) is 22.7 Å². The van der Waals surface area contributed by atoms with Crippen LogP contribution in [-0.2, 0) is 13.6 Å². The van der Waals surface area contributed by atoms with E-state index in [2.05, 4.69) is 0 Å². The molecule has 0 aliphatic rings. The smallest absolute Gasteiger partial charge is 0.294 e. The van der Waals surface area contributed by atoms with Crippen LogP contribution in [0, 0.1) is 0 Å². The van der Waals surface area contributed by atoms with Crippen LogP contribution in [0.3, 0.4) is 0 Å². The van der Waals surface area contributed by atoms with Crippen LogP contribution in [0.5, 0.6) is 0 Å². The SMILES string of the molecule is CCCOC(O[Si](C)(C)C)(O[Si](C)(C)C)C(O)CO. The van der Waals surface area contributed by atoms with Crippen LogP contribution >= 0.6 is 0 Å². The van der Waals surface area contributed by atoms with Gasteiger partial charge in [-0.25, -0.2) is 0 Å². The van der Waals surface area contributed by atoms with Crippen LogP contribution in [0.4, 0.5) is 0 Å². The maximum atomic E-state index is 10.1. The molecule has 0 radical (unpaired) electrons. The quantitative estimate of drug-likeness (QED) is 0.504. The third-order valence-electron chi connectivity index (χ3n) is 1.99. The molecule has 0 aliphatic carbocycles. The molecule has 2 N–H and O–H groups in total. The summed E-state index contributed by atoms with van der Waals surface area (Å²) in [5.41, 5.74) is 0. The topological polar surface area (TPSA) is 68.2 Å². The average Bonchev–Trinajstić information content (AvgIpc) is 2.20. The van der Waals surface area contributed by atoms with Gasteiger partial charge in [-0.1, -0.05) is 6.92 Å². The van der Waals surface area contributed by atoms with E-state index < -0.39 is 35.3 Å². The summed E-state index contributed by atoms with van der Waals surface area (Å²) in [5, 5.41) is 19.4. The summed E-state index contributed by atoms with van der Waals surface area (Å²) >= 11 is 0. The second kappa shape index (κ2) is 7.30. The molecule has 1 unspecified atom stereocenters. The van der Waals surface area contributed by atoms with E-state index in [0.29, 0.717) is 6.61 Å². The lowest BCUT2D eigenvalue weighted by Crippen LogP contribution is -2.60. The average molecular weight is 311 g/mol. The number of aliphatic hydroxyl groups is 2. The molecular formula is C12H30O5Si2. The number of hydrogen-bond donors (Lipinski definition) is 2. The summed E-state index contributed by atoms with van der Waals surface area (Å²) in [5.74, 6) is -1.54. The highest BCUT2D eigenvalue weighted by atomic mass is 28.4. The van der Waals surface area contributed by atoms with E-state index in [1.807, 2.05) is 46.2 Å². The van der Waals surface area contributed by atoms with Gasteiger partial charge in [0.1, 0.15) is 0 Å². The van der Waals surface area contributed by atoms with Gasteiger partial charge in [-0.2, -0.15) is 0 Å². The molecule has 0 rings (SSSR count). The molecule has 0 fully saturated rings. The fourth-order valence-electron chi connectivity index (χ4n) is 1.52. The minimum Gasteiger partial charge on any atom is -0.393 e. The third kappa shape index (κ3) is 7.55. The summed E-state index contributed by atoms with van der Waals surface area (Å²) in [6.45, 7) is 13.9. The molecule has 0 spiro atoms. The predicted molar refractivity (Wildman–Crippen MR) is 80.9 cm³/mol. The van der Waals surface area contributed by atoms with Crippen molar-refractivity contribution < 1.29 is 23.8 Å². The van der Waals surface area contributed by atoms with Crippen molar-refractivity contribution in [2.24, 2.45) is 0 Å². The predicted octanol–water partition coefficient (Wildman–Crippen LogP) is 2.12.